The second-order valence-electron chi connectivity index (χ2n) is 11.7. The zero-order valence-corrected chi connectivity index (χ0v) is 24.9. The number of rotatable bonds is 7. The summed E-state index contributed by atoms with van der Waals surface area (Å²) < 4.78 is 41.5. The van der Waals surface area contributed by atoms with Crippen molar-refractivity contribution in [3.8, 4) is 28.3 Å². The Kier molecular flexibility index (Phi) is 7.03. The van der Waals surface area contributed by atoms with Crippen molar-refractivity contribution in [2.45, 2.75) is 19.4 Å². The summed E-state index contributed by atoms with van der Waals surface area (Å²) >= 11 is 0. The van der Waals surface area contributed by atoms with E-state index in [1.54, 1.807) is 22.8 Å². The maximum Gasteiger partial charge on any atom is 0.235 e. The molecule has 2 aliphatic rings. The summed E-state index contributed by atoms with van der Waals surface area (Å²) in [6.45, 7) is 7.33. The van der Waals surface area contributed by atoms with Crippen LogP contribution in [0, 0.1) is 11.2 Å². The molecule has 224 valence electrons. The van der Waals surface area contributed by atoms with Crippen LogP contribution in [0.2, 0.25) is 0 Å². The number of aromatic nitrogens is 4. The number of fused-ring (bicyclic) bond motifs is 1. The summed E-state index contributed by atoms with van der Waals surface area (Å²) in [5, 5.41) is 1.97. The van der Waals surface area contributed by atoms with Crippen molar-refractivity contribution < 1.29 is 12.8 Å². The van der Waals surface area contributed by atoms with Crippen LogP contribution in [-0.2, 0) is 16.6 Å². The first-order valence-corrected chi connectivity index (χ1v) is 16.0. The second-order valence-corrected chi connectivity index (χ2v) is 13.6. The summed E-state index contributed by atoms with van der Waals surface area (Å²) in [5.41, 5.74) is 12.5. The summed E-state index contributed by atoms with van der Waals surface area (Å²) in [7, 11) is -3.34. The van der Waals surface area contributed by atoms with Crippen LogP contribution in [0.1, 0.15) is 18.4 Å². The molecule has 1 spiro atoms. The first-order chi connectivity index (χ1) is 21.2. The fourth-order valence-corrected chi connectivity index (χ4v) is 7.44. The number of likely N-dealkylation sites (tertiary alicyclic amines) is 1. The number of sulfonamides is 1. The molecule has 44 heavy (non-hydrogen) atoms. The summed E-state index contributed by atoms with van der Waals surface area (Å²) in [4.78, 5) is 15.6. The van der Waals surface area contributed by atoms with Gasteiger partial charge in [-0.15, -0.1) is 0 Å². The first kappa shape index (κ1) is 28.3. The van der Waals surface area contributed by atoms with Crippen molar-refractivity contribution in [3.05, 3.63) is 103 Å². The maximum absolute atomic E-state index is 13.5. The molecule has 7 rings (SSSR count). The zero-order valence-electron chi connectivity index (χ0n) is 24.1. The smallest absolute Gasteiger partial charge is 0.235 e. The van der Waals surface area contributed by atoms with Gasteiger partial charge in [-0.25, -0.2) is 17.8 Å². The van der Waals surface area contributed by atoms with E-state index in [1.807, 2.05) is 18.2 Å². The molecule has 2 N–H and O–H groups in total. The number of nitrogen functional groups attached to an aromatic ring is 1. The van der Waals surface area contributed by atoms with Crippen molar-refractivity contribution in [2.75, 3.05) is 31.9 Å². The predicted molar refractivity (Wildman–Crippen MR) is 170 cm³/mol. The first-order valence-electron chi connectivity index (χ1n) is 14.5. The fourth-order valence-electron chi connectivity index (χ4n) is 6.54. The predicted octanol–water partition coefficient (Wildman–Crippen LogP) is 5.24. The van der Waals surface area contributed by atoms with Gasteiger partial charge in [0.25, 0.3) is 0 Å². The molecule has 5 aromatic rings. The normalized spacial score (nSPS) is 17.1. The molecule has 4 aromatic heterocycles. The maximum atomic E-state index is 13.5. The summed E-state index contributed by atoms with van der Waals surface area (Å²) in [5.74, 6) is 0.0339. The van der Waals surface area contributed by atoms with Gasteiger partial charge in [0, 0.05) is 67.2 Å². The number of piperidine rings is 1. The molecular formula is C33H32FN7O2S. The quantitative estimate of drug-likeness (QED) is 0.269. The molecule has 9 nitrogen and oxygen atoms in total. The van der Waals surface area contributed by atoms with Crippen LogP contribution in [0.5, 0.6) is 0 Å². The van der Waals surface area contributed by atoms with Crippen LogP contribution in [0.3, 0.4) is 0 Å². The van der Waals surface area contributed by atoms with Crippen molar-refractivity contribution >= 4 is 26.7 Å². The molecular weight excluding hydrogens is 577 g/mol. The minimum Gasteiger partial charge on any atom is -0.383 e. The molecule has 0 radical (unpaired) electrons. The van der Waals surface area contributed by atoms with E-state index in [2.05, 4.69) is 61.3 Å². The van der Waals surface area contributed by atoms with E-state index in [-0.39, 0.29) is 5.41 Å². The van der Waals surface area contributed by atoms with Crippen molar-refractivity contribution in [3.63, 3.8) is 0 Å². The van der Waals surface area contributed by atoms with E-state index in [0.717, 1.165) is 65.7 Å². The van der Waals surface area contributed by atoms with Gasteiger partial charge in [-0.3, -0.25) is 14.9 Å². The third-order valence-electron chi connectivity index (χ3n) is 8.86. The monoisotopic (exact) mass is 609 g/mol. The molecule has 0 aliphatic carbocycles. The Morgan fingerprint density at radius 2 is 1.70 bits per heavy atom. The van der Waals surface area contributed by atoms with Gasteiger partial charge in [0.15, 0.2) is 0 Å². The minimum atomic E-state index is -3.34. The highest BCUT2D eigenvalue weighted by molar-refractivity contribution is 7.92. The molecule has 0 atom stereocenters. The van der Waals surface area contributed by atoms with Crippen LogP contribution in [0.25, 0.3) is 39.2 Å². The van der Waals surface area contributed by atoms with E-state index in [0.29, 0.717) is 30.3 Å². The number of anilines is 1. The van der Waals surface area contributed by atoms with Gasteiger partial charge in [0.05, 0.1) is 28.8 Å². The van der Waals surface area contributed by atoms with Crippen LogP contribution in [0.4, 0.5) is 10.2 Å². The van der Waals surface area contributed by atoms with Crippen LogP contribution < -0.4 is 5.73 Å². The number of benzene rings is 1. The average molecular weight is 610 g/mol. The number of hydrogen-bond donors (Lipinski definition) is 1. The molecule has 2 fully saturated rings. The lowest BCUT2D eigenvalue weighted by Crippen LogP contribution is -2.60. The number of halogens is 1. The zero-order chi connectivity index (χ0) is 30.5. The molecule has 11 heteroatoms. The highest BCUT2D eigenvalue weighted by atomic mass is 32.2. The lowest BCUT2D eigenvalue weighted by atomic mass is 9.72. The van der Waals surface area contributed by atoms with Crippen molar-refractivity contribution in [1.82, 2.24) is 28.7 Å². The van der Waals surface area contributed by atoms with E-state index >= 15 is 0 Å². The van der Waals surface area contributed by atoms with E-state index in [1.165, 1.54) is 17.8 Å². The minimum absolute atomic E-state index is 0.195. The van der Waals surface area contributed by atoms with E-state index in [9.17, 15) is 12.8 Å². The third-order valence-corrected chi connectivity index (χ3v) is 10.4. The molecule has 0 amide bonds. The van der Waals surface area contributed by atoms with Gasteiger partial charge in [-0.1, -0.05) is 18.7 Å². The number of nitrogens with two attached hydrogens (primary N) is 1. The van der Waals surface area contributed by atoms with Crippen LogP contribution >= 0.6 is 0 Å². The Morgan fingerprint density at radius 1 is 0.955 bits per heavy atom. The Morgan fingerprint density at radius 3 is 2.39 bits per heavy atom. The second kappa shape index (κ2) is 10.9. The Hall–Kier alpha value is -4.45. The lowest BCUT2D eigenvalue weighted by molar-refractivity contribution is -0.0392. The highest BCUT2D eigenvalue weighted by Gasteiger charge is 2.45. The van der Waals surface area contributed by atoms with Crippen LogP contribution in [-0.4, -0.2) is 63.3 Å². The van der Waals surface area contributed by atoms with Gasteiger partial charge in [-0.05, 0) is 72.4 Å². The molecule has 0 bridgehead atoms. The molecule has 0 unspecified atom stereocenters. The van der Waals surface area contributed by atoms with Gasteiger partial charge < -0.3 is 10.3 Å². The molecule has 1 aromatic carbocycles. The van der Waals surface area contributed by atoms with Gasteiger partial charge >= 0.3 is 0 Å². The number of pyridine rings is 3. The average Bonchev–Trinajstić information content (AvgIpc) is 3.40. The molecule has 0 saturated carbocycles. The van der Waals surface area contributed by atoms with Crippen molar-refractivity contribution in [2.24, 2.45) is 5.41 Å². The van der Waals surface area contributed by atoms with Gasteiger partial charge in [-0.2, -0.15) is 4.31 Å². The summed E-state index contributed by atoms with van der Waals surface area (Å²) in [6.07, 6.45) is 6.42. The largest absolute Gasteiger partial charge is 0.383 e. The standard InChI is InChI=1S/C33H32FN7O2S/c1-2-44(42,43)40-14-11-33(12-15-40)21-39(22-33)20-23-5-8-26(9-6-23)41-30-17-29(28-10-7-25(34)19-38-28)37-18-24(30)16-31(41)27-4-3-13-36-32(27)35/h2-10,13,16-19H,1,11-12,14-15,20-22H2,(H2,35,36). The third kappa shape index (κ3) is 5.17. The summed E-state index contributed by atoms with van der Waals surface area (Å²) in [6, 6.07) is 19.3. The molecule has 2 saturated heterocycles. The van der Waals surface area contributed by atoms with Crippen LogP contribution in [0.15, 0.2) is 91.2 Å². The van der Waals surface area contributed by atoms with Gasteiger partial charge in [0.1, 0.15) is 11.6 Å². The number of nitrogens with zero attached hydrogens (tertiary/aromatic N) is 6. The SMILES string of the molecule is C=CS(=O)(=O)N1CCC2(CC1)CN(Cc1ccc(-n3c(-c4cccnc4N)cc4cnc(-c5ccc(F)cn5)cc43)cc1)C2. The Bertz CT molecular complexity index is 1960. The molecule has 2 aliphatic heterocycles. The molecule has 6 heterocycles. The Balaban J connectivity index is 1.15. The lowest BCUT2D eigenvalue weighted by Gasteiger charge is -2.53. The van der Waals surface area contributed by atoms with Crippen molar-refractivity contribution in [1.29, 1.82) is 0 Å². The van der Waals surface area contributed by atoms with E-state index in [4.69, 9.17) is 5.73 Å². The number of hydrogen-bond acceptors (Lipinski definition) is 7. The topological polar surface area (TPSA) is 110 Å². The highest BCUT2D eigenvalue weighted by Crippen LogP contribution is 2.42. The van der Waals surface area contributed by atoms with Gasteiger partial charge in [0.2, 0.25) is 10.0 Å². The van der Waals surface area contributed by atoms with E-state index < -0.39 is 15.8 Å². The fraction of sp³-hybridized carbons (Fsp3) is 0.242. The Labute approximate surface area is 255 Å².